The second-order valence-electron chi connectivity index (χ2n) is 5.66. The van der Waals surface area contributed by atoms with Crippen LogP contribution in [0.5, 0.6) is 5.75 Å². The van der Waals surface area contributed by atoms with Gasteiger partial charge in [0.05, 0.1) is 12.6 Å². The van der Waals surface area contributed by atoms with Gasteiger partial charge in [-0.1, -0.05) is 26.0 Å². The van der Waals surface area contributed by atoms with Gasteiger partial charge in [-0.2, -0.15) is 0 Å². The molecule has 1 rings (SSSR count). The van der Waals surface area contributed by atoms with Crippen molar-refractivity contribution in [2.24, 2.45) is 11.7 Å². The molecule has 0 aliphatic rings. The maximum Gasteiger partial charge on any atom is 0.239 e. The third-order valence-corrected chi connectivity index (χ3v) is 3.10. The fourth-order valence-corrected chi connectivity index (χ4v) is 2.01. The van der Waals surface area contributed by atoms with Gasteiger partial charge in [0.25, 0.3) is 0 Å². The van der Waals surface area contributed by atoms with Crippen LogP contribution in [0.25, 0.3) is 0 Å². The van der Waals surface area contributed by atoms with Gasteiger partial charge in [0.2, 0.25) is 5.91 Å². The molecule has 0 saturated heterocycles. The molecule has 0 radical (unpaired) electrons. The number of aryl methyl sites for hydroxylation is 1. The molecule has 21 heavy (non-hydrogen) atoms. The van der Waals surface area contributed by atoms with Crippen LogP contribution >= 0.6 is 12.4 Å². The molecule has 0 spiro atoms. The van der Waals surface area contributed by atoms with Crippen molar-refractivity contribution in [1.82, 2.24) is 4.90 Å². The number of carbonyl (C=O) groups is 1. The summed E-state index contributed by atoms with van der Waals surface area (Å²) < 4.78 is 5.63. The molecule has 0 aromatic heterocycles. The van der Waals surface area contributed by atoms with Gasteiger partial charge in [0, 0.05) is 7.05 Å². The number of carbonyl (C=O) groups excluding carboxylic acids is 1. The van der Waals surface area contributed by atoms with Gasteiger partial charge < -0.3 is 15.4 Å². The summed E-state index contributed by atoms with van der Waals surface area (Å²) in [5.74, 6) is 1.23. The minimum absolute atomic E-state index is 0. The summed E-state index contributed by atoms with van der Waals surface area (Å²) in [6, 6.07) is 7.45. The van der Waals surface area contributed by atoms with E-state index in [1.165, 1.54) is 0 Å². The summed E-state index contributed by atoms with van der Waals surface area (Å²) in [4.78, 5) is 13.7. The second kappa shape index (κ2) is 9.64. The molecule has 4 nitrogen and oxygen atoms in total. The van der Waals surface area contributed by atoms with E-state index in [1.807, 2.05) is 31.2 Å². The summed E-state index contributed by atoms with van der Waals surface area (Å²) >= 11 is 0. The monoisotopic (exact) mass is 314 g/mol. The lowest BCUT2D eigenvalue weighted by Gasteiger charge is -2.22. The Labute approximate surface area is 134 Å². The fourth-order valence-electron chi connectivity index (χ4n) is 2.01. The maximum atomic E-state index is 12.0. The third-order valence-electron chi connectivity index (χ3n) is 3.10. The average Bonchev–Trinajstić information content (AvgIpc) is 2.37. The molecule has 0 heterocycles. The first-order valence-corrected chi connectivity index (χ1v) is 7.10. The standard InChI is InChI=1S/C16H26N2O2.ClH/c1-12(2)10-15(17)16(19)18(4)8-9-20-14-7-5-6-13(3)11-14;/h5-7,11-12,15H,8-10,17H2,1-4H3;1H/t15-;/m0./s1. The minimum Gasteiger partial charge on any atom is -0.492 e. The molecule has 0 fully saturated rings. The highest BCUT2D eigenvalue weighted by Gasteiger charge is 2.18. The van der Waals surface area contributed by atoms with Crippen molar-refractivity contribution in [2.75, 3.05) is 20.2 Å². The molecule has 0 unspecified atom stereocenters. The predicted molar refractivity (Wildman–Crippen MR) is 89.0 cm³/mol. The van der Waals surface area contributed by atoms with E-state index in [-0.39, 0.29) is 18.3 Å². The van der Waals surface area contributed by atoms with Gasteiger partial charge in [0.1, 0.15) is 12.4 Å². The Hall–Kier alpha value is -1.26. The molecule has 0 saturated carbocycles. The number of nitrogens with zero attached hydrogens (tertiary/aromatic N) is 1. The number of nitrogens with two attached hydrogens (primary N) is 1. The molecule has 0 bridgehead atoms. The Morgan fingerprint density at radius 2 is 2.05 bits per heavy atom. The van der Waals surface area contributed by atoms with Crippen molar-refractivity contribution in [3.05, 3.63) is 29.8 Å². The van der Waals surface area contributed by atoms with Crippen molar-refractivity contribution in [3.8, 4) is 5.75 Å². The molecule has 1 atom stereocenters. The van der Waals surface area contributed by atoms with Gasteiger partial charge in [-0.05, 0) is 37.0 Å². The molecule has 0 aliphatic heterocycles. The summed E-state index contributed by atoms with van der Waals surface area (Å²) in [6.07, 6.45) is 0.710. The highest BCUT2D eigenvalue weighted by atomic mass is 35.5. The van der Waals surface area contributed by atoms with Gasteiger partial charge in [-0.3, -0.25) is 4.79 Å². The fraction of sp³-hybridized carbons (Fsp3) is 0.562. The maximum absolute atomic E-state index is 12.0. The lowest BCUT2D eigenvalue weighted by Crippen LogP contribution is -2.43. The Kier molecular flexibility index (Phi) is 9.06. The van der Waals surface area contributed by atoms with Crippen molar-refractivity contribution in [3.63, 3.8) is 0 Å². The van der Waals surface area contributed by atoms with Crippen LogP contribution in [0, 0.1) is 12.8 Å². The third kappa shape index (κ3) is 7.34. The van der Waals surface area contributed by atoms with Crippen LogP contribution in [-0.4, -0.2) is 37.0 Å². The van der Waals surface area contributed by atoms with E-state index in [1.54, 1.807) is 11.9 Å². The number of halogens is 1. The van der Waals surface area contributed by atoms with E-state index in [0.717, 1.165) is 11.3 Å². The Balaban J connectivity index is 0.00000400. The van der Waals surface area contributed by atoms with Crippen molar-refractivity contribution >= 4 is 18.3 Å². The zero-order valence-electron chi connectivity index (χ0n) is 13.3. The normalized spacial score (nSPS) is 11.7. The quantitative estimate of drug-likeness (QED) is 0.841. The smallest absolute Gasteiger partial charge is 0.239 e. The second-order valence-corrected chi connectivity index (χ2v) is 5.66. The van der Waals surface area contributed by atoms with Crippen molar-refractivity contribution in [1.29, 1.82) is 0 Å². The number of hydrogen-bond donors (Lipinski definition) is 1. The number of rotatable bonds is 7. The average molecular weight is 315 g/mol. The zero-order chi connectivity index (χ0) is 15.1. The van der Waals surface area contributed by atoms with Crippen LogP contribution in [-0.2, 0) is 4.79 Å². The highest BCUT2D eigenvalue weighted by Crippen LogP contribution is 2.12. The van der Waals surface area contributed by atoms with Gasteiger partial charge in [-0.15, -0.1) is 12.4 Å². The van der Waals surface area contributed by atoms with Crippen LogP contribution in [0.4, 0.5) is 0 Å². The number of likely N-dealkylation sites (N-methyl/N-ethyl adjacent to an activating group) is 1. The van der Waals surface area contributed by atoms with E-state index >= 15 is 0 Å². The summed E-state index contributed by atoms with van der Waals surface area (Å²) in [7, 11) is 1.77. The van der Waals surface area contributed by atoms with E-state index in [2.05, 4.69) is 13.8 Å². The van der Waals surface area contributed by atoms with Crippen LogP contribution < -0.4 is 10.5 Å². The number of hydrogen-bond acceptors (Lipinski definition) is 3. The largest absolute Gasteiger partial charge is 0.492 e. The van der Waals surface area contributed by atoms with Crippen LogP contribution in [0.3, 0.4) is 0 Å². The lowest BCUT2D eigenvalue weighted by molar-refractivity contribution is -0.131. The van der Waals surface area contributed by atoms with Gasteiger partial charge >= 0.3 is 0 Å². The molecule has 5 heteroatoms. The Bertz CT molecular complexity index is 438. The molecular weight excluding hydrogens is 288 g/mol. The Morgan fingerprint density at radius 1 is 1.38 bits per heavy atom. The van der Waals surface area contributed by atoms with E-state index in [4.69, 9.17) is 10.5 Å². The highest BCUT2D eigenvalue weighted by molar-refractivity contribution is 5.85. The first-order chi connectivity index (χ1) is 9.40. The zero-order valence-corrected chi connectivity index (χ0v) is 14.2. The Morgan fingerprint density at radius 3 is 2.62 bits per heavy atom. The predicted octanol–water partition coefficient (Wildman–Crippen LogP) is 2.63. The number of benzene rings is 1. The molecule has 120 valence electrons. The van der Waals surface area contributed by atoms with Gasteiger partial charge in [0.15, 0.2) is 0 Å². The molecule has 1 aromatic rings. The van der Waals surface area contributed by atoms with E-state index < -0.39 is 6.04 Å². The molecule has 1 amide bonds. The summed E-state index contributed by atoms with van der Waals surface area (Å²) in [5, 5.41) is 0. The summed E-state index contributed by atoms with van der Waals surface area (Å²) in [5.41, 5.74) is 7.05. The van der Waals surface area contributed by atoms with E-state index in [9.17, 15) is 4.79 Å². The first-order valence-electron chi connectivity index (χ1n) is 7.10. The van der Waals surface area contributed by atoms with Crippen LogP contribution in [0.2, 0.25) is 0 Å². The summed E-state index contributed by atoms with van der Waals surface area (Å²) in [6.45, 7) is 7.16. The lowest BCUT2D eigenvalue weighted by atomic mass is 10.0. The van der Waals surface area contributed by atoms with Crippen molar-refractivity contribution in [2.45, 2.75) is 33.2 Å². The molecule has 2 N–H and O–H groups in total. The number of ether oxygens (including phenoxy) is 1. The molecule has 1 aromatic carbocycles. The number of amides is 1. The van der Waals surface area contributed by atoms with Crippen molar-refractivity contribution < 1.29 is 9.53 Å². The SMILES string of the molecule is Cc1cccc(OCCN(C)C(=O)[C@@H](N)CC(C)C)c1.Cl. The van der Waals surface area contributed by atoms with Gasteiger partial charge in [-0.25, -0.2) is 0 Å². The van der Waals surface area contributed by atoms with E-state index in [0.29, 0.717) is 25.5 Å². The molecular formula is C16H27ClN2O2. The minimum atomic E-state index is -0.418. The molecule has 0 aliphatic carbocycles. The van der Waals surface area contributed by atoms with Crippen LogP contribution in [0.1, 0.15) is 25.8 Å². The van der Waals surface area contributed by atoms with Crippen LogP contribution in [0.15, 0.2) is 24.3 Å². The first kappa shape index (κ1) is 19.7. The topological polar surface area (TPSA) is 55.6 Å².